The zero-order valence-corrected chi connectivity index (χ0v) is 10.4. The molecule has 0 aliphatic carbocycles. The van der Waals surface area contributed by atoms with Crippen LogP contribution in [-0.4, -0.2) is 17.1 Å². The van der Waals surface area contributed by atoms with Crippen LogP contribution < -0.4 is 0 Å². The van der Waals surface area contributed by atoms with Gasteiger partial charge in [0.1, 0.15) is 0 Å². The first-order valence-electron chi connectivity index (χ1n) is 5.74. The maximum Gasteiger partial charge on any atom is 0.155 e. The van der Waals surface area contributed by atoms with E-state index in [2.05, 4.69) is 11.1 Å². The van der Waals surface area contributed by atoms with Gasteiger partial charge in [-0.05, 0) is 6.42 Å². The molecule has 1 atom stereocenters. The molecule has 0 aliphatic rings. The van der Waals surface area contributed by atoms with Gasteiger partial charge in [-0.15, -0.1) is 0 Å². The van der Waals surface area contributed by atoms with Crippen LogP contribution in [0.1, 0.15) is 58.3 Å². The van der Waals surface area contributed by atoms with E-state index in [1.807, 2.05) is 0 Å². The lowest BCUT2D eigenvalue weighted by molar-refractivity contribution is 0.443. The van der Waals surface area contributed by atoms with Crippen molar-refractivity contribution in [3.8, 4) is 0 Å². The molecule has 0 aliphatic heterocycles. The molecule has 0 rings (SSSR count). The van der Waals surface area contributed by atoms with Gasteiger partial charge in [-0.2, -0.15) is 0 Å². The molecule has 14 heavy (non-hydrogen) atoms. The van der Waals surface area contributed by atoms with Gasteiger partial charge in [-0.1, -0.05) is 51.9 Å². The first-order valence-corrected chi connectivity index (χ1v) is 6.98. The Labute approximate surface area is 91.1 Å². The second-order valence-corrected chi connectivity index (χ2v) is 5.00. The lowest BCUT2D eigenvalue weighted by Gasteiger charge is -2.00. The maximum atomic E-state index is 10.9. The summed E-state index contributed by atoms with van der Waals surface area (Å²) in [4.78, 5) is 0. The van der Waals surface area contributed by atoms with E-state index in [9.17, 15) is 4.21 Å². The van der Waals surface area contributed by atoms with E-state index < -0.39 is 11.1 Å². The van der Waals surface area contributed by atoms with Crippen molar-refractivity contribution in [1.29, 1.82) is 0 Å². The summed E-state index contributed by atoms with van der Waals surface area (Å²) in [5.41, 5.74) is 0. The molecule has 3 heteroatoms. The van der Waals surface area contributed by atoms with Crippen molar-refractivity contribution in [2.45, 2.75) is 58.3 Å². The molecular weight excluding hydrogens is 196 g/mol. The highest BCUT2D eigenvalue weighted by Gasteiger charge is 1.96. The Bertz CT molecular complexity index is 137. The Morgan fingerprint density at radius 2 is 1.43 bits per heavy atom. The normalized spacial score (nSPS) is 13.0. The molecule has 0 aromatic carbocycles. The van der Waals surface area contributed by atoms with Crippen molar-refractivity contribution in [2.24, 2.45) is 0 Å². The van der Waals surface area contributed by atoms with Crippen LogP contribution in [0.4, 0.5) is 0 Å². The van der Waals surface area contributed by atoms with Gasteiger partial charge >= 0.3 is 0 Å². The van der Waals surface area contributed by atoms with Gasteiger partial charge in [0.05, 0.1) is 7.11 Å². The van der Waals surface area contributed by atoms with Gasteiger partial charge in [0.25, 0.3) is 0 Å². The van der Waals surface area contributed by atoms with Crippen molar-refractivity contribution >= 4 is 11.1 Å². The molecule has 0 fully saturated rings. The van der Waals surface area contributed by atoms with Gasteiger partial charge in [0.15, 0.2) is 11.1 Å². The summed E-state index contributed by atoms with van der Waals surface area (Å²) in [5, 5.41) is 0. The van der Waals surface area contributed by atoms with Crippen LogP contribution in [0.2, 0.25) is 0 Å². The molecule has 2 nitrogen and oxygen atoms in total. The van der Waals surface area contributed by atoms with Crippen LogP contribution in [0.3, 0.4) is 0 Å². The van der Waals surface area contributed by atoms with E-state index in [0.717, 1.165) is 6.42 Å². The molecule has 0 bridgehead atoms. The van der Waals surface area contributed by atoms with Crippen molar-refractivity contribution in [3.63, 3.8) is 0 Å². The average molecular weight is 220 g/mol. The van der Waals surface area contributed by atoms with Crippen LogP contribution >= 0.6 is 0 Å². The minimum atomic E-state index is -1.04. The van der Waals surface area contributed by atoms with Gasteiger partial charge in [0.2, 0.25) is 0 Å². The quantitative estimate of drug-likeness (QED) is 0.527. The third-order valence-electron chi connectivity index (χ3n) is 2.35. The molecule has 0 aromatic heterocycles. The molecule has 0 spiro atoms. The smallest absolute Gasteiger partial charge is 0.155 e. The van der Waals surface area contributed by atoms with E-state index in [0.29, 0.717) is 5.75 Å². The predicted octanol–water partition coefficient (Wildman–Crippen LogP) is 3.44. The largest absolute Gasteiger partial charge is 0.294 e. The van der Waals surface area contributed by atoms with Crippen LogP contribution in [-0.2, 0) is 15.3 Å². The molecule has 0 heterocycles. The third kappa shape index (κ3) is 10.2. The van der Waals surface area contributed by atoms with Crippen LogP contribution in [0, 0.1) is 0 Å². The number of rotatable bonds is 10. The molecule has 0 saturated carbocycles. The summed E-state index contributed by atoms with van der Waals surface area (Å²) in [7, 11) is 1.50. The van der Waals surface area contributed by atoms with Gasteiger partial charge in [-0.25, -0.2) is 4.21 Å². The van der Waals surface area contributed by atoms with Crippen LogP contribution in [0.15, 0.2) is 0 Å². The van der Waals surface area contributed by atoms with Gasteiger partial charge in [-0.3, -0.25) is 4.18 Å². The summed E-state index contributed by atoms with van der Waals surface area (Å²) in [6, 6.07) is 0. The highest BCUT2D eigenvalue weighted by molar-refractivity contribution is 7.80. The molecule has 0 radical (unpaired) electrons. The maximum absolute atomic E-state index is 10.9. The minimum absolute atomic E-state index is 0.700. The fourth-order valence-electron chi connectivity index (χ4n) is 1.44. The monoisotopic (exact) mass is 220 g/mol. The summed E-state index contributed by atoms with van der Waals surface area (Å²) in [6.45, 7) is 2.24. The lowest BCUT2D eigenvalue weighted by atomic mass is 10.1. The standard InChI is InChI=1S/C11H24O2S/c1-3-4-5-6-7-8-9-10-11-14(12)13-2/h3-11H2,1-2H3. The molecule has 0 saturated heterocycles. The fourth-order valence-corrected chi connectivity index (χ4v) is 2.04. The van der Waals surface area contributed by atoms with E-state index in [1.165, 1.54) is 52.1 Å². The zero-order valence-electron chi connectivity index (χ0n) is 9.59. The number of hydrogen-bond donors (Lipinski definition) is 0. The predicted molar refractivity (Wildman–Crippen MR) is 62.6 cm³/mol. The van der Waals surface area contributed by atoms with Gasteiger partial charge in [0, 0.05) is 5.75 Å². The second kappa shape index (κ2) is 11.2. The first kappa shape index (κ1) is 14.1. The minimum Gasteiger partial charge on any atom is -0.294 e. The Morgan fingerprint density at radius 3 is 1.93 bits per heavy atom. The van der Waals surface area contributed by atoms with Crippen molar-refractivity contribution in [3.05, 3.63) is 0 Å². The Hall–Kier alpha value is 0.110. The summed E-state index contributed by atoms with van der Waals surface area (Å²) >= 11 is -1.04. The molecule has 1 unspecified atom stereocenters. The zero-order chi connectivity index (χ0) is 10.6. The van der Waals surface area contributed by atoms with Gasteiger partial charge < -0.3 is 0 Å². The Kier molecular flexibility index (Phi) is 11.3. The number of hydrogen-bond acceptors (Lipinski definition) is 2. The molecule has 0 aromatic rings. The molecule has 0 amide bonds. The number of unbranched alkanes of at least 4 members (excludes halogenated alkanes) is 7. The van der Waals surface area contributed by atoms with E-state index >= 15 is 0 Å². The Morgan fingerprint density at radius 1 is 0.929 bits per heavy atom. The molecular formula is C11H24O2S. The summed E-state index contributed by atoms with van der Waals surface area (Å²) < 4.78 is 15.6. The summed E-state index contributed by atoms with van der Waals surface area (Å²) in [5.74, 6) is 0.700. The highest BCUT2D eigenvalue weighted by atomic mass is 32.2. The fraction of sp³-hybridized carbons (Fsp3) is 1.00. The SMILES string of the molecule is CCCCCCCCCCS(=O)OC. The highest BCUT2D eigenvalue weighted by Crippen LogP contribution is 2.08. The molecule has 0 N–H and O–H groups in total. The van der Waals surface area contributed by atoms with Crippen molar-refractivity contribution < 1.29 is 8.39 Å². The summed E-state index contributed by atoms with van der Waals surface area (Å²) in [6.07, 6.45) is 10.3. The van der Waals surface area contributed by atoms with Crippen molar-refractivity contribution in [1.82, 2.24) is 0 Å². The van der Waals surface area contributed by atoms with Crippen LogP contribution in [0.5, 0.6) is 0 Å². The average Bonchev–Trinajstić information content (AvgIpc) is 2.21. The van der Waals surface area contributed by atoms with Crippen LogP contribution in [0.25, 0.3) is 0 Å². The lowest BCUT2D eigenvalue weighted by Crippen LogP contribution is -1.98. The first-order chi connectivity index (χ1) is 6.81. The van der Waals surface area contributed by atoms with Crippen molar-refractivity contribution in [2.75, 3.05) is 12.9 Å². The van der Waals surface area contributed by atoms with E-state index in [1.54, 1.807) is 0 Å². The van der Waals surface area contributed by atoms with E-state index in [4.69, 9.17) is 0 Å². The Balaban J connectivity index is 2.95. The van der Waals surface area contributed by atoms with E-state index in [-0.39, 0.29) is 0 Å². The molecule has 86 valence electrons. The topological polar surface area (TPSA) is 26.3 Å². The third-order valence-corrected chi connectivity index (χ3v) is 3.34. The second-order valence-electron chi connectivity index (χ2n) is 3.65.